The van der Waals surface area contributed by atoms with E-state index in [0.717, 1.165) is 15.5 Å². The van der Waals surface area contributed by atoms with Crippen LogP contribution in [-0.2, 0) is 4.84 Å². The molecule has 0 atom stereocenters. The highest BCUT2D eigenvalue weighted by atomic mass is 79.9. The SMILES string of the molecule is BrC1=C(Br)CONC1. The lowest BCUT2D eigenvalue weighted by molar-refractivity contribution is 0.0604. The van der Waals surface area contributed by atoms with Crippen LogP contribution in [0.4, 0.5) is 0 Å². The molecular formula is C4H5Br2NO. The molecule has 1 aliphatic heterocycles. The Morgan fingerprint density at radius 1 is 1.38 bits per heavy atom. The van der Waals surface area contributed by atoms with E-state index >= 15 is 0 Å². The van der Waals surface area contributed by atoms with E-state index in [0.29, 0.717) is 6.61 Å². The molecule has 0 saturated carbocycles. The molecule has 4 heteroatoms. The van der Waals surface area contributed by atoms with Gasteiger partial charge in [-0.05, 0) is 0 Å². The maximum Gasteiger partial charge on any atom is 0.101 e. The van der Waals surface area contributed by atoms with Crippen LogP contribution in [-0.4, -0.2) is 13.2 Å². The number of hydroxylamine groups is 1. The topological polar surface area (TPSA) is 21.3 Å². The Hall–Kier alpha value is 0.620. The maximum atomic E-state index is 4.87. The summed E-state index contributed by atoms with van der Waals surface area (Å²) in [6.45, 7) is 1.36. The molecule has 0 saturated heterocycles. The van der Waals surface area contributed by atoms with Crippen molar-refractivity contribution in [1.82, 2.24) is 5.48 Å². The minimum absolute atomic E-state index is 0.612. The van der Waals surface area contributed by atoms with Crippen molar-refractivity contribution < 1.29 is 4.84 Å². The summed E-state index contributed by atoms with van der Waals surface area (Å²) in [6.07, 6.45) is 0. The van der Waals surface area contributed by atoms with Gasteiger partial charge >= 0.3 is 0 Å². The number of hydrogen-bond acceptors (Lipinski definition) is 2. The summed E-state index contributed by atoms with van der Waals surface area (Å²) in [5.74, 6) is 0. The molecular weight excluding hydrogens is 238 g/mol. The predicted octanol–water partition coefficient (Wildman–Crippen LogP) is 1.52. The van der Waals surface area contributed by atoms with E-state index in [4.69, 9.17) is 4.84 Å². The van der Waals surface area contributed by atoms with Gasteiger partial charge in [0.25, 0.3) is 0 Å². The second-order valence-electron chi connectivity index (χ2n) is 1.42. The van der Waals surface area contributed by atoms with Gasteiger partial charge in [0.2, 0.25) is 0 Å². The van der Waals surface area contributed by atoms with Crippen molar-refractivity contribution >= 4 is 31.9 Å². The van der Waals surface area contributed by atoms with Crippen LogP contribution in [0, 0.1) is 0 Å². The van der Waals surface area contributed by atoms with E-state index in [2.05, 4.69) is 37.3 Å². The fourth-order valence-corrected chi connectivity index (χ4v) is 0.887. The molecule has 0 aliphatic carbocycles. The highest BCUT2D eigenvalue weighted by Gasteiger charge is 2.05. The monoisotopic (exact) mass is 241 g/mol. The van der Waals surface area contributed by atoms with E-state index < -0.39 is 0 Å². The minimum atomic E-state index is 0.612. The summed E-state index contributed by atoms with van der Waals surface area (Å²) in [6, 6.07) is 0. The Bertz CT molecular complexity index is 109. The zero-order chi connectivity index (χ0) is 5.98. The Kier molecular flexibility index (Phi) is 2.49. The molecule has 0 spiro atoms. The highest BCUT2D eigenvalue weighted by Crippen LogP contribution is 2.19. The predicted molar refractivity (Wildman–Crippen MR) is 38.8 cm³/mol. The lowest BCUT2D eigenvalue weighted by atomic mass is 10.5. The Labute approximate surface area is 64.5 Å². The van der Waals surface area contributed by atoms with Crippen LogP contribution in [0.15, 0.2) is 8.96 Å². The molecule has 46 valence electrons. The van der Waals surface area contributed by atoms with Gasteiger partial charge in [-0.2, -0.15) is 5.48 Å². The van der Waals surface area contributed by atoms with Crippen molar-refractivity contribution in [3.05, 3.63) is 8.96 Å². The van der Waals surface area contributed by atoms with Crippen molar-refractivity contribution in [1.29, 1.82) is 0 Å². The molecule has 1 rings (SSSR count). The molecule has 0 radical (unpaired) electrons. The first kappa shape index (κ1) is 6.74. The zero-order valence-electron chi connectivity index (χ0n) is 4.08. The summed E-state index contributed by atoms with van der Waals surface area (Å²) in [4.78, 5) is 4.87. The second kappa shape index (κ2) is 2.96. The molecule has 1 heterocycles. The van der Waals surface area contributed by atoms with E-state index in [1.54, 1.807) is 0 Å². The van der Waals surface area contributed by atoms with Gasteiger partial charge in [0.15, 0.2) is 0 Å². The van der Waals surface area contributed by atoms with Crippen LogP contribution in [0.1, 0.15) is 0 Å². The van der Waals surface area contributed by atoms with Crippen LogP contribution in [0.25, 0.3) is 0 Å². The van der Waals surface area contributed by atoms with E-state index in [1.807, 2.05) is 0 Å². The molecule has 1 N–H and O–H groups in total. The lowest BCUT2D eigenvalue weighted by Crippen LogP contribution is -2.22. The molecule has 0 bridgehead atoms. The third-order valence-corrected chi connectivity index (χ3v) is 2.82. The highest BCUT2D eigenvalue weighted by molar-refractivity contribution is 9.14. The van der Waals surface area contributed by atoms with Gasteiger partial charge in [0, 0.05) is 8.96 Å². The van der Waals surface area contributed by atoms with Gasteiger partial charge in [-0.3, -0.25) is 4.84 Å². The number of halogens is 2. The molecule has 0 fully saturated rings. The average molecular weight is 243 g/mol. The molecule has 8 heavy (non-hydrogen) atoms. The molecule has 0 amide bonds. The van der Waals surface area contributed by atoms with Gasteiger partial charge in [-0.15, -0.1) is 0 Å². The molecule has 0 aromatic carbocycles. The fraction of sp³-hybridized carbons (Fsp3) is 0.500. The van der Waals surface area contributed by atoms with Crippen LogP contribution in [0.3, 0.4) is 0 Å². The smallest absolute Gasteiger partial charge is 0.101 e. The molecule has 1 aliphatic rings. The maximum absolute atomic E-state index is 4.87. The van der Waals surface area contributed by atoms with E-state index in [9.17, 15) is 0 Å². The summed E-state index contributed by atoms with van der Waals surface area (Å²) in [5.41, 5.74) is 2.73. The normalized spacial score (nSPS) is 21.8. The van der Waals surface area contributed by atoms with Crippen molar-refractivity contribution in [2.24, 2.45) is 0 Å². The first-order chi connectivity index (χ1) is 3.80. The molecule has 0 aromatic rings. The summed E-state index contributed by atoms with van der Waals surface area (Å²) in [7, 11) is 0. The largest absolute Gasteiger partial charge is 0.296 e. The van der Waals surface area contributed by atoms with Crippen molar-refractivity contribution in [2.45, 2.75) is 0 Å². The van der Waals surface area contributed by atoms with Gasteiger partial charge < -0.3 is 0 Å². The first-order valence-electron chi connectivity index (χ1n) is 2.18. The van der Waals surface area contributed by atoms with Crippen LogP contribution < -0.4 is 5.48 Å². The van der Waals surface area contributed by atoms with Gasteiger partial charge in [-0.1, -0.05) is 31.9 Å². The van der Waals surface area contributed by atoms with Gasteiger partial charge in [-0.25, -0.2) is 0 Å². The molecule has 0 unspecified atom stereocenters. The first-order valence-corrected chi connectivity index (χ1v) is 3.77. The summed E-state index contributed by atoms with van der Waals surface area (Å²) in [5, 5.41) is 0. The number of rotatable bonds is 0. The van der Waals surface area contributed by atoms with E-state index in [1.165, 1.54) is 0 Å². The third-order valence-electron chi connectivity index (χ3n) is 0.823. The zero-order valence-corrected chi connectivity index (χ0v) is 7.25. The van der Waals surface area contributed by atoms with Crippen molar-refractivity contribution in [3.8, 4) is 0 Å². The number of nitrogens with one attached hydrogen (secondary N) is 1. The van der Waals surface area contributed by atoms with Crippen LogP contribution in [0.2, 0.25) is 0 Å². The third kappa shape index (κ3) is 1.55. The summed E-state index contributed by atoms with van der Waals surface area (Å²) >= 11 is 6.67. The van der Waals surface area contributed by atoms with Gasteiger partial charge in [0.05, 0.1) is 6.54 Å². The Balaban J connectivity index is 2.60. The average Bonchev–Trinajstić information content (AvgIpc) is 1.77. The Morgan fingerprint density at radius 3 is 2.50 bits per heavy atom. The van der Waals surface area contributed by atoms with Crippen molar-refractivity contribution in [2.75, 3.05) is 13.2 Å². The lowest BCUT2D eigenvalue weighted by Gasteiger charge is -2.12. The summed E-state index contributed by atoms with van der Waals surface area (Å²) < 4.78 is 2.21. The second-order valence-corrected chi connectivity index (χ2v) is 3.33. The molecule has 0 aromatic heterocycles. The fourth-order valence-electron chi connectivity index (χ4n) is 0.403. The standard InChI is InChI=1S/C4H5Br2NO/c5-3-1-7-8-2-4(3)6/h7H,1-2H2. The van der Waals surface area contributed by atoms with E-state index in [-0.39, 0.29) is 0 Å². The quantitative estimate of drug-likeness (QED) is 0.696. The van der Waals surface area contributed by atoms with Crippen LogP contribution >= 0.6 is 31.9 Å². The minimum Gasteiger partial charge on any atom is -0.296 e. The van der Waals surface area contributed by atoms with Crippen LogP contribution in [0.5, 0.6) is 0 Å². The van der Waals surface area contributed by atoms with Crippen molar-refractivity contribution in [3.63, 3.8) is 0 Å². The van der Waals surface area contributed by atoms with Gasteiger partial charge in [0.1, 0.15) is 6.61 Å². The molecule has 2 nitrogen and oxygen atoms in total. The number of hydrogen-bond donors (Lipinski definition) is 1. The Morgan fingerprint density at radius 2 is 2.12 bits per heavy atom.